The van der Waals surface area contributed by atoms with E-state index in [1.807, 2.05) is 6.92 Å². The molecule has 0 bridgehead atoms. The first kappa shape index (κ1) is 24.8. The Kier molecular flexibility index (Phi) is 6.19. The molecule has 1 aliphatic heterocycles. The number of fused-ring (bicyclic) bond motifs is 2. The number of rotatable bonds is 6. The van der Waals surface area contributed by atoms with E-state index in [1.165, 1.54) is 0 Å². The molecule has 0 aliphatic carbocycles. The molecule has 9 heteroatoms. The predicted octanol–water partition coefficient (Wildman–Crippen LogP) is 4.47. The second-order valence-electron chi connectivity index (χ2n) is 10.3. The largest absolute Gasteiger partial charge is 0.460 e. The number of benzene rings is 1. The molecule has 1 saturated heterocycles. The summed E-state index contributed by atoms with van der Waals surface area (Å²) in [5, 5.41) is 18.7. The number of nitrogens with zero attached hydrogens (tertiary/aromatic N) is 3. The van der Waals surface area contributed by atoms with Gasteiger partial charge in [0, 0.05) is 43.9 Å². The maximum atomic E-state index is 13.4. The van der Waals surface area contributed by atoms with Crippen molar-refractivity contribution in [2.24, 2.45) is 5.92 Å². The third-order valence-corrected chi connectivity index (χ3v) is 7.05. The van der Waals surface area contributed by atoms with E-state index >= 15 is 0 Å². The maximum absolute atomic E-state index is 13.4. The zero-order valence-corrected chi connectivity index (χ0v) is 21.8. The Morgan fingerprint density at radius 2 is 2.05 bits per heavy atom. The number of aryl methyl sites for hydroxylation is 2. The molecule has 4 aromatic rings. The van der Waals surface area contributed by atoms with Crippen molar-refractivity contribution in [2.45, 2.75) is 46.1 Å². The lowest BCUT2D eigenvalue weighted by Crippen LogP contribution is -2.37. The Morgan fingerprint density at radius 3 is 2.78 bits per heavy atom. The summed E-state index contributed by atoms with van der Waals surface area (Å²) in [6.45, 7) is 8.63. The van der Waals surface area contributed by atoms with Gasteiger partial charge in [-0.15, -0.1) is 0 Å². The van der Waals surface area contributed by atoms with Gasteiger partial charge in [0.15, 0.2) is 5.75 Å². The van der Waals surface area contributed by atoms with Gasteiger partial charge in [0.25, 0.3) is 11.8 Å². The maximum Gasteiger partial charge on any atom is 0.255 e. The molecule has 2 amide bonds. The lowest BCUT2D eigenvalue weighted by molar-refractivity contribution is 0.0273. The smallest absolute Gasteiger partial charge is 0.255 e. The van der Waals surface area contributed by atoms with Gasteiger partial charge in [-0.1, -0.05) is 13.8 Å². The van der Waals surface area contributed by atoms with E-state index in [0.717, 1.165) is 5.56 Å². The quantitative estimate of drug-likeness (QED) is 0.401. The molecular weight excluding hydrogens is 472 g/mol. The summed E-state index contributed by atoms with van der Waals surface area (Å²) in [5.41, 5.74) is 2.18. The van der Waals surface area contributed by atoms with Crippen LogP contribution < -0.4 is 10.1 Å². The van der Waals surface area contributed by atoms with Gasteiger partial charge in [-0.05, 0) is 50.3 Å². The molecule has 9 nitrogen and oxygen atoms in total. The van der Waals surface area contributed by atoms with Crippen LogP contribution in [0.3, 0.4) is 0 Å². The van der Waals surface area contributed by atoms with Gasteiger partial charge in [-0.25, -0.2) is 4.52 Å². The van der Waals surface area contributed by atoms with Crippen molar-refractivity contribution >= 4 is 28.3 Å². The van der Waals surface area contributed by atoms with Crippen molar-refractivity contribution in [3.63, 3.8) is 0 Å². The molecule has 2 N–H and O–H groups in total. The number of aromatic nitrogens is 2. The molecule has 5 rings (SSSR count). The first-order valence-electron chi connectivity index (χ1n) is 12.5. The zero-order valence-electron chi connectivity index (χ0n) is 21.8. The minimum absolute atomic E-state index is 0.122. The van der Waals surface area contributed by atoms with E-state index < -0.39 is 5.60 Å². The molecule has 0 unspecified atom stereocenters. The van der Waals surface area contributed by atoms with Crippen molar-refractivity contribution in [1.29, 1.82) is 0 Å². The Labute approximate surface area is 215 Å². The summed E-state index contributed by atoms with van der Waals surface area (Å²) in [6, 6.07) is 7.08. The number of aliphatic hydroxyl groups is 1. The number of carbonyl (C=O) groups excluding carboxylic acids is 2. The summed E-state index contributed by atoms with van der Waals surface area (Å²) in [4.78, 5) is 27.4. The SMILES string of the molecule is CNC(=O)c1c(C)oc2cc(Oc3ccnn4cc(C(=O)N5CC[C@](O)(CC(C)C)C5)c(C)c34)ccc12. The standard InChI is InChI=1S/C28H32N4O5/c1-16(2)13-28(35)9-11-31(15-28)27(34)21-14-32-25(17(21)3)22(8-10-30-32)37-19-6-7-20-23(12-19)36-18(4)24(20)26(33)29-5/h6-8,10,12,14,16,35H,9,11,13,15H2,1-5H3,(H,29,33)/t28-/m0/s1. The number of β-amino-alcohol motifs (C(OH)–C–C–N with tert-alkyl or cyclic N) is 1. The normalized spacial score (nSPS) is 17.8. The summed E-state index contributed by atoms with van der Waals surface area (Å²) in [7, 11) is 1.58. The monoisotopic (exact) mass is 504 g/mol. The highest BCUT2D eigenvalue weighted by Crippen LogP contribution is 2.35. The van der Waals surface area contributed by atoms with Crippen LogP contribution in [-0.2, 0) is 0 Å². The number of hydrogen-bond donors (Lipinski definition) is 2. The molecule has 1 fully saturated rings. The van der Waals surface area contributed by atoms with Gasteiger partial charge in [0.2, 0.25) is 0 Å². The van der Waals surface area contributed by atoms with Crippen LogP contribution in [0.25, 0.3) is 16.5 Å². The van der Waals surface area contributed by atoms with Gasteiger partial charge >= 0.3 is 0 Å². The van der Waals surface area contributed by atoms with Gasteiger partial charge in [0.05, 0.1) is 22.9 Å². The topological polar surface area (TPSA) is 109 Å². The fraction of sp³-hybridized carbons (Fsp3) is 0.393. The number of likely N-dealkylation sites (tertiary alicyclic amines) is 1. The van der Waals surface area contributed by atoms with Crippen molar-refractivity contribution in [3.05, 3.63) is 59.1 Å². The van der Waals surface area contributed by atoms with Crippen LogP contribution in [0.2, 0.25) is 0 Å². The van der Waals surface area contributed by atoms with Crippen LogP contribution in [0.15, 0.2) is 41.1 Å². The number of ether oxygens (including phenoxy) is 1. The Bertz CT molecular complexity index is 1520. The van der Waals surface area contributed by atoms with Crippen LogP contribution in [0.4, 0.5) is 0 Å². The zero-order chi connectivity index (χ0) is 26.5. The minimum Gasteiger partial charge on any atom is -0.460 e. The molecule has 3 aromatic heterocycles. The highest BCUT2D eigenvalue weighted by atomic mass is 16.5. The van der Waals surface area contributed by atoms with E-state index in [2.05, 4.69) is 24.3 Å². The van der Waals surface area contributed by atoms with E-state index in [-0.39, 0.29) is 11.8 Å². The third-order valence-electron chi connectivity index (χ3n) is 7.05. The van der Waals surface area contributed by atoms with Gasteiger partial charge in [-0.3, -0.25) is 9.59 Å². The molecular formula is C28H32N4O5. The van der Waals surface area contributed by atoms with Crippen LogP contribution in [-0.4, -0.2) is 57.2 Å². The van der Waals surface area contributed by atoms with E-state index in [9.17, 15) is 14.7 Å². The van der Waals surface area contributed by atoms with E-state index in [0.29, 0.717) is 76.7 Å². The number of carbonyl (C=O) groups is 2. The molecule has 0 radical (unpaired) electrons. The number of furan rings is 1. The van der Waals surface area contributed by atoms with Crippen molar-refractivity contribution in [1.82, 2.24) is 19.8 Å². The number of amides is 2. The second kappa shape index (κ2) is 9.23. The molecule has 1 aliphatic rings. The average Bonchev–Trinajstić information content (AvgIpc) is 3.50. The molecule has 0 saturated carbocycles. The van der Waals surface area contributed by atoms with Crippen molar-refractivity contribution in [3.8, 4) is 11.5 Å². The Morgan fingerprint density at radius 1 is 1.27 bits per heavy atom. The fourth-order valence-corrected chi connectivity index (χ4v) is 5.45. The molecule has 0 spiro atoms. The van der Waals surface area contributed by atoms with Crippen LogP contribution in [0.5, 0.6) is 11.5 Å². The molecule has 1 aromatic carbocycles. The lowest BCUT2D eigenvalue weighted by Gasteiger charge is -2.25. The number of hydrogen-bond acceptors (Lipinski definition) is 6. The molecule has 194 valence electrons. The minimum atomic E-state index is -0.843. The first-order chi connectivity index (χ1) is 17.6. The van der Waals surface area contributed by atoms with Crippen LogP contribution in [0, 0.1) is 19.8 Å². The lowest BCUT2D eigenvalue weighted by atomic mass is 9.92. The average molecular weight is 505 g/mol. The summed E-state index contributed by atoms with van der Waals surface area (Å²) >= 11 is 0. The fourth-order valence-electron chi connectivity index (χ4n) is 5.45. The summed E-state index contributed by atoms with van der Waals surface area (Å²) in [5.74, 6) is 1.63. The van der Waals surface area contributed by atoms with Crippen LogP contribution >= 0.6 is 0 Å². The summed E-state index contributed by atoms with van der Waals surface area (Å²) in [6.07, 6.45) is 4.57. The molecule has 1 atom stereocenters. The predicted molar refractivity (Wildman–Crippen MR) is 139 cm³/mol. The number of nitrogens with one attached hydrogen (secondary N) is 1. The Hall–Kier alpha value is -3.85. The van der Waals surface area contributed by atoms with Crippen molar-refractivity contribution in [2.75, 3.05) is 20.1 Å². The Balaban J connectivity index is 1.44. The second-order valence-corrected chi connectivity index (χ2v) is 10.3. The third kappa shape index (κ3) is 4.44. The van der Waals surface area contributed by atoms with E-state index in [1.54, 1.807) is 60.0 Å². The van der Waals surface area contributed by atoms with E-state index in [4.69, 9.17) is 9.15 Å². The van der Waals surface area contributed by atoms with Crippen molar-refractivity contribution < 1.29 is 23.8 Å². The van der Waals surface area contributed by atoms with Crippen LogP contribution in [0.1, 0.15) is 58.7 Å². The highest BCUT2D eigenvalue weighted by Gasteiger charge is 2.39. The molecule has 4 heterocycles. The first-order valence-corrected chi connectivity index (χ1v) is 12.5. The van der Waals surface area contributed by atoms with Gasteiger partial charge < -0.3 is 24.5 Å². The van der Waals surface area contributed by atoms with Gasteiger partial charge in [0.1, 0.15) is 22.6 Å². The summed E-state index contributed by atoms with van der Waals surface area (Å²) < 4.78 is 13.7. The van der Waals surface area contributed by atoms with Gasteiger partial charge in [-0.2, -0.15) is 5.10 Å². The highest BCUT2D eigenvalue weighted by molar-refractivity contribution is 6.07. The molecule has 37 heavy (non-hydrogen) atoms.